The minimum absolute atomic E-state index is 0.0774. The number of carbonyl (C=O) groups is 1. The Kier molecular flexibility index (Phi) is 3.60. The Morgan fingerprint density at radius 2 is 2.17 bits per heavy atom. The number of nitrogens with zero attached hydrogens (tertiary/aromatic N) is 1. The van der Waals surface area contributed by atoms with E-state index in [1.54, 1.807) is 24.5 Å². The van der Waals surface area contributed by atoms with Crippen LogP contribution in [0, 0.1) is 0 Å². The van der Waals surface area contributed by atoms with Gasteiger partial charge in [0.25, 0.3) is 5.91 Å². The van der Waals surface area contributed by atoms with Crippen LogP contribution in [-0.2, 0) is 0 Å². The maximum Gasteiger partial charge on any atom is 0.251 e. The van der Waals surface area contributed by atoms with Gasteiger partial charge in [-0.05, 0) is 12.1 Å². The zero-order chi connectivity index (χ0) is 8.81. The van der Waals surface area contributed by atoms with Gasteiger partial charge in [0.05, 0.1) is 0 Å². The molecule has 0 aliphatic heterocycles. The summed E-state index contributed by atoms with van der Waals surface area (Å²) >= 11 is 3.98. The normalized spacial score (nSPS) is 9.42. The standard InChI is InChI=1S/C8H10N2OS/c11-8(10-5-6-12)7-1-3-9-4-2-7/h1-4,12H,5-6H2,(H,10,11). The second-order valence-electron chi connectivity index (χ2n) is 2.22. The second kappa shape index (κ2) is 4.77. The lowest BCUT2D eigenvalue weighted by atomic mass is 10.2. The van der Waals surface area contributed by atoms with Gasteiger partial charge in [0.2, 0.25) is 0 Å². The smallest absolute Gasteiger partial charge is 0.251 e. The first-order valence-corrected chi connectivity index (χ1v) is 4.27. The van der Waals surface area contributed by atoms with Gasteiger partial charge in [-0.3, -0.25) is 9.78 Å². The lowest BCUT2D eigenvalue weighted by Gasteiger charge is -2.01. The maximum atomic E-state index is 11.2. The molecule has 12 heavy (non-hydrogen) atoms. The first-order valence-electron chi connectivity index (χ1n) is 3.63. The minimum atomic E-state index is -0.0774. The summed E-state index contributed by atoms with van der Waals surface area (Å²) in [5.74, 6) is 0.572. The SMILES string of the molecule is O=C(NCCS)c1ccncc1. The molecule has 0 saturated carbocycles. The van der Waals surface area contributed by atoms with Crippen LogP contribution in [0.3, 0.4) is 0 Å². The molecular weight excluding hydrogens is 172 g/mol. The molecule has 0 bridgehead atoms. The molecule has 64 valence electrons. The minimum Gasteiger partial charge on any atom is -0.351 e. The van der Waals surface area contributed by atoms with Crippen molar-refractivity contribution in [2.75, 3.05) is 12.3 Å². The molecule has 0 aliphatic carbocycles. The van der Waals surface area contributed by atoms with Crippen LogP contribution in [0.2, 0.25) is 0 Å². The Bertz CT molecular complexity index is 250. The molecule has 1 rings (SSSR count). The Hall–Kier alpha value is -1.03. The number of nitrogens with one attached hydrogen (secondary N) is 1. The van der Waals surface area contributed by atoms with Gasteiger partial charge in [-0.25, -0.2) is 0 Å². The Labute approximate surface area is 76.6 Å². The zero-order valence-electron chi connectivity index (χ0n) is 6.53. The van der Waals surface area contributed by atoms with Crippen LogP contribution >= 0.6 is 12.6 Å². The number of rotatable bonds is 3. The third-order valence-electron chi connectivity index (χ3n) is 1.34. The highest BCUT2D eigenvalue weighted by atomic mass is 32.1. The topological polar surface area (TPSA) is 42.0 Å². The molecule has 1 amide bonds. The number of aromatic nitrogens is 1. The molecule has 1 N–H and O–H groups in total. The average molecular weight is 182 g/mol. The van der Waals surface area contributed by atoms with Crippen LogP contribution in [0.5, 0.6) is 0 Å². The summed E-state index contributed by atoms with van der Waals surface area (Å²) in [4.78, 5) is 15.0. The fourth-order valence-corrected chi connectivity index (χ4v) is 0.887. The summed E-state index contributed by atoms with van der Waals surface area (Å²) in [5, 5.41) is 2.71. The van der Waals surface area contributed by atoms with Crippen molar-refractivity contribution in [3.05, 3.63) is 30.1 Å². The van der Waals surface area contributed by atoms with Gasteiger partial charge in [-0.2, -0.15) is 12.6 Å². The summed E-state index contributed by atoms with van der Waals surface area (Å²) < 4.78 is 0. The van der Waals surface area contributed by atoms with Gasteiger partial charge in [0.15, 0.2) is 0 Å². The first-order chi connectivity index (χ1) is 5.84. The fraction of sp³-hybridized carbons (Fsp3) is 0.250. The van der Waals surface area contributed by atoms with Gasteiger partial charge in [-0.1, -0.05) is 0 Å². The van der Waals surface area contributed by atoms with Crippen LogP contribution in [0.15, 0.2) is 24.5 Å². The fourth-order valence-electron chi connectivity index (χ4n) is 0.775. The van der Waals surface area contributed by atoms with Crippen LogP contribution in [0.25, 0.3) is 0 Å². The van der Waals surface area contributed by atoms with Gasteiger partial charge in [-0.15, -0.1) is 0 Å². The van der Waals surface area contributed by atoms with Crippen molar-refractivity contribution in [2.45, 2.75) is 0 Å². The van der Waals surface area contributed by atoms with E-state index in [0.717, 1.165) is 0 Å². The van der Waals surface area contributed by atoms with Gasteiger partial charge in [0.1, 0.15) is 0 Å². The number of hydrogen-bond acceptors (Lipinski definition) is 3. The van der Waals surface area contributed by atoms with Crippen molar-refractivity contribution in [1.82, 2.24) is 10.3 Å². The van der Waals surface area contributed by atoms with E-state index in [-0.39, 0.29) is 5.91 Å². The molecule has 4 heteroatoms. The number of thiol groups is 1. The van der Waals surface area contributed by atoms with Crippen molar-refractivity contribution in [2.24, 2.45) is 0 Å². The molecule has 0 saturated heterocycles. The van der Waals surface area contributed by atoms with Crippen molar-refractivity contribution in [3.8, 4) is 0 Å². The molecule has 0 spiro atoms. The van der Waals surface area contributed by atoms with Gasteiger partial charge in [0, 0.05) is 30.3 Å². The monoisotopic (exact) mass is 182 g/mol. The Morgan fingerprint density at radius 1 is 1.50 bits per heavy atom. The zero-order valence-corrected chi connectivity index (χ0v) is 7.42. The second-order valence-corrected chi connectivity index (χ2v) is 2.66. The lowest BCUT2D eigenvalue weighted by molar-refractivity contribution is 0.0956. The van der Waals surface area contributed by atoms with E-state index in [0.29, 0.717) is 17.9 Å². The summed E-state index contributed by atoms with van der Waals surface area (Å²) in [6.45, 7) is 0.588. The number of pyridine rings is 1. The quantitative estimate of drug-likeness (QED) is 0.677. The third-order valence-corrected chi connectivity index (χ3v) is 1.56. The highest BCUT2D eigenvalue weighted by molar-refractivity contribution is 7.80. The predicted molar refractivity (Wildman–Crippen MR) is 50.4 cm³/mol. The summed E-state index contributed by atoms with van der Waals surface area (Å²) in [6, 6.07) is 3.35. The summed E-state index contributed by atoms with van der Waals surface area (Å²) in [7, 11) is 0. The Morgan fingerprint density at radius 3 is 2.75 bits per heavy atom. The van der Waals surface area contributed by atoms with E-state index in [1.165, 1.54) is 0 Å². The van der Waals surface area contributed by atoms with Gasteiger partial charge >= 0.3 is 0 Å². The molecule has 0 unspecified atom stereocenters. The molecule has 3 nitrogen and oxygen atoms in total. The van der Waals surface area contributed by atoms with E-state index in [4.69, 9.17) is 0 Å². The third kappa shape index (κ3) is 2.54. The predicted octanol–water partition coefficient (Wildman–Crippen LogP) is 0.741. The molecule has 0 fully saturated rings. The lowest BCUT2D eigenvalue weighted by Crippen LogP contribution is -2.25. The van der Waals surface area contributed by atoms with Crippen LogP contribution in [-0.4, -0.2) is 23.2 Å². The molecule has 0 aliphatic rings. The van der Waals surface area contributed by atoms with E-state index in [9.17, 15) is 4.79 Å². The molecule has 0 atom stereocenters. The molecule has 1 aromatic rings. The van der Waals surface area contributed by atoms with E-state index < -0.39 is 0 Å². The van der Waals surface area contributed by atoms with Crippen molar-refractivity contribution in [1.29, 1.82) is 0 Å². The van der Waals surface area contributed by atoms with Crippen LogP contribution in [0.1, 0.15) is 10.4 Å². The number of carbonyl (C=O) groups excluding carboxylic acids is 1. The highest BCUT2D eigenvalue weighted by Crippen LogP contribution is 1.94. The highest BCUT2D eigenvalue weighted by Gasteiger charge is 2.01. The summed E-state index contributed by atoms with van der Waals surface area (Å²) in [6.07, 6.45) is 3.19. The Balaban J connectivity index is 2.54. The molecular formula is C8H10N2OS. The molecule has 0 radical (unpaired) electrons. The summed E-state index contributed by atoms with van der Waals surface area (Å²) in [5.41, 5.74) is 0.631. The van der Waals surface area contributed by atoms with E-state index in [1.807, 2.05) is 0 Å². The van der Waals surface area contributed by atoms with Crippen molar-refractivity contribution < 1.29 is 4.79 Å². The molecule has 0 aromatic carbocycles. The average Bonchev–Trinajstić information content (AvgIpc) is 2.15. The van der Waals surface area contributed by atoms with Crippen LogP contribution < -0.4 is 5.32 Å². The van der Waals surface area contributed by atoms with E-state index >= 15 is 0 Å². The van der Waals surface area contributed by atoms with Crippen LogP contribution in [0.4, 0.5) is 0 Å². The maximum absolute atomic E-state index is 11.2. The van der Waals surface area contributed by atoms with Gasteiger partial charge < -0.3 is 5.32 Å². The largest absolute Gasteiger partial charge is 0.351 e. The van der Waals surface area contributed by atoms with Crippen molar-refractivity contribution >= 4 is 18.5 Å². The van der Waals surface area contributed by atoms with Crippen molar-refractivity contribution in [3.63, 3.8) is 0 Å². The molecule has 1 aromatic heterocycles. The number of hydrogen-bond donors (Lipinski definition) is 2. The van der Waals surface area contributed by atoms with E-state index in [2.05, 4.69) is 22.9 Å². The number of amides is 1. The molecule has 1 heterocycles. The first kappa shape index (κ1) is 9.06.